The van der Waals surface area contributed by atoms with Crippen LogP contribution in [0.5, 0.6) is 0 Å². The monoisotopic (exact) mass is 569 g/mol. The van der Waals surface area contributed by atoms with Crippen LogP contribution in [0.15, 0.2) is 34.7 Å². The van der Waals surface area contributed by atoms with Crippen LogP contribution in [0.1, 0.15) is 76.9 Å². The van der Waals surface area contributed by atoms with Gasteiger partial charge in [0.1, 0.15) is 12.1 Å². The number of carbonyl (C=O) groups is 5. The lowest BCUT2D eigenvalue weighted by atomic mass is 9.98. The molecule has 2 aromatic rings. The highest BCUT2D eigenvalue weighted by Crippen LogP contribution is 2.23. The molecule has 1 aromatic carbocycles. The van der Waals surface area contributed by atoms with Crippen molar-refractivity contribution in [3.63, 3.8) is 0 Å². The first-order valence-electron chi connectivity index (χ1n) is 14.0. The van der Waals surface area contributed by atoms with Gasteiger partial charge in [-0.3, -0.25) is 24.0 Å². The maximum Gasteiger partial charge on any atom is 0.303 e. The first-order valence-corrected chi connectivity index (χ1v) is 14.0. The summed E-state index contributed by atoms with van der Waals surface area (Å²) in [6.45, 7) is 7.53. The maximum atomic E-state index is 13.5. The second kappa shape index (κ2) is 14.5. The topological polar surface area (TPSA) is 172 Å². The number of amides is 3. The largest absolute Gasteiger partial charge is 0.481 e. The number of carbonyl (C=O) groups excluding carboxylic acids is 4. The van der Waals surface area contributed by atoms with E-state index in [4.69, 9.17) is 9.52 Å². The minimum Gasteiger partial charge on any atom is -0.481 e. The van der Waals surface area contributed by atoms with Crippen LogP contribution in [0.4, 0.5) is 0 Å². The molecule has 222 valence electrons. The number of carboxylic acids is 1. The molecule has 0 saturated carbocycles. The number of aliphatic carboxylic acids is 1. The lowest BCUT2D eigenvalue weighted by Crippen LogP contribution is -2.57. The average molecular weight is 570 g/mol. The fraction of sp³-hybridized carbons (Fsp3) is 0.552. The van der Waals surface area contributed by atoms with E-state index in [2.05, 4.69) is 20.8 Å². The van der Waals surface area contributed by atoms with E-state index in [-0.39, 0.29) is 48.3 Å². The van der Waals surface area contributed by atoms with Crippen molar-refractivity contribution < 1.29 is 33.5 Å². The molecule has 12 heteroatoms. The summed E-state index contributed by atoms with van der Waals surface area (Å²) in [6.07, 6.45) is 1.86. The first-order chi connectivity index (χ1) is 19.5. The van der Waals surface area contributed by atoms with Gasteiger partial charge in [-0.1, -0.05) is 45.9 Å². The molecule has 0 unspecified atom stereocenters. The molecule has 3 amide bonds. The van der Waals surface area contributed by atoms with E-state index in [0.29, 0.717) is 37.8 Å². The van der Waals surface area contributed by atoms with Gasteiger partial charge in [-0.25, -0.2) is 0 Å². The molecule has 1 aliphatic heterocycles. The average Bonchev–Trinajstić information content (AvgIpc) is 3.63. The summed E-state index contributed by atoms with van der Waals surface area (Å²) in [5, 5.41) is 22.2. The molecular weight excluding hydrogens is 530 g/mol. The van der Waals surface area contributed by atoms with E-state index in [9.17, 15) is 24.0 Å². The van der Waals surface area contributed by atoms with Gasteiger partial charge in [0.2, 0.25) is 29.4 Å². The van der Waals surface area contributed by atoms with Gasteiger partial charge in [0.15, 0.2) is 0 Å². The van der Waals surface area contributed by atoms with Crippen molar-refractivity contribution in [2.75, 3.05) is 6.54 Å². The van der Waals surface area contributed by atoms with Crippen LogP contribution in [-0.2, 0) is 19.2 Å². The molecule has 1 saturated heterocycles. The Balaban J connectivity index is 1.66. The zero-order chi connectivity index (χ0) is 30.1. The molecule has 3 N–H and O–H groups in total. The van der Waals surface area contributed by atoms with Gasteiger partial charge in [-0.15, -0.1) is 10.2 Å². The lowest BCUT2D eigenvalue weighted by Gasteiger charge is -2.31. The van der Waals surface area contributed by atoms with Gasteiger partial charge in [-0.05, 0) is 49.7 Å². The number of hydrogen-bond acceptors (Lipinski definition) is 8. The number of hydrogen-bond donors (Lipinski definition) is 3. The number of carboxylic acid groups (broad SMARTS) is 1. The van der Waals surface area contributed by atoms with Crippen molar-refractivity contribution >= 4 is 29.5 Å². The zero-order valence-electron chi connectivity index (χ0n) is 24.0. The van der Waals surface area contributed by atoms with Gasteiger partial charge in [0.05, 0.1) is 6.04 Å². The number of aromatic nitrogens is 2. The Morgan fingerprint density at radius 3 is 2.24 bits per heavy atom. The molecular formula is C29H39N5O7. The van der Waals surface area contributed by atoms with Crippen LogP contribution in [0.25, 0.3) is 11.5 Å². The van der Waals surface area contributed by atoms with E-state index >= 15 is 0 Å². The predicted molar refractivity (Wildman–Crippen MR) is 148 cm³/mol. The number of nitrogens with zero attached hydrogens (tertiary/aromatic N) is 3. The second-order valence-corrected chi connectivity index (χ2v) is 11.0. The van der Waals surface area contributed by atoms with Crippen molar-refractivity contribution in [3.05, 3.63) is 36.2 Å². The van der Waals surface area contributed by atoms with Crippen molar-refractivity contribution in [1.82, 2.24) is 25.7 Å². The Labute approximate surface area is 239 Å². The summed E-state index contributed by atoms with van der Waals surface area (Å²) < 4.78 is 5.61. The number of ketones is 1. The minimum atomic E-state index is -0.949. The van der Waals surface area contributed by atoms with Gasteiger partial charge in [-0.2, -0.15) is 0 Å². The van der Waals surface area contributed by atoms with E-state index in [1.165, 1.54) is 4.90 Å². The molecule has 0 spiro atoms. The van der Waals surface area contributed by atoms with Crippen LogP contribution in [-0.4, -0.2) is 74.3 Å². The first kappa shape index (κ1) is 31.4. The van der Waals surface area contributed by atoms with E-state index in [0.717, 1.165) is 0 Å². The Morgan fingerprint density at radius 1 is 0.951 bits per heavy atom. The van der Waals surface area contributed by atoms with Crippen LogP contribution >= 0.6 is 0 Å². The highest BCUT2D eigenvalue weighted by Gasteiger charge is 2.40. The molecule has 1 fully saturated rings. The Morgan fingerprint density at radius 2 is 1.61 bits per heavy atom. The Bertz CT molecular complexity index is 1230. The molecule has 0 radical (unpaired) electrons. The Kier molecular flexibility index (Phi) is 11.1. The normalized spacial score (nSPS) is 16.4. The highest BCUT2D eigenvalue weighted by molar-refractivity contribution is 6.00. The Hall–Kier alpha value is -4.09. The third-order valence-electron chi connectivity index (χ3n) is 7.04. The summed E-state index contributed by atoms with van der Waals surface area (Å²) in [7, 11) is 0. The standard InChI is InChI=1S/C29H39N5O7/c1-17(2)23(25(38)28-33-32-27(41-28)19-11-6-5-7-12-19)31-26(39)20-13-10-16-34(20)29(40)24(18(3)4)30-21(35)14-8-9-15-22(36)37/h5-7,11-12,17-18,20,23-24H,8-10,13-16H2,1-4H3,(H,30,35)(H,31,39)(H,36,37)/t20-,23-,24-/m0/s1. The summed E-state index contributed by atoms with van der Waals surface area (Å²) in [4.78, 5) is 64.9. The van der Waals surface area contributed by atoms with Crippen LogP contribution in [0.2, 0.25) is 0 Å². The molecule has 2 heterocycles. The van der Waals surface area contributed by atoms with Crippen LogP contribution in [0.3, 0.4) is 0 Å². The summed E-state index contributed by atoms with van der Waals surface area (Å²) in [5.41, 5.74) is 0.663. The number of likely N-dealkylation sites (tertiary alicyclic amines) is 1. The van der Waals surface area contributed by atoms with Crippen molar-refractivity contribution in [2.24, 2.45) is 11.8 Å². The third-order valence-corrected chi connectivity index (χ3v) is 7.04. The molecule has 12 nitrogen and oxygen atoms in total. The molecule has 3 rings (SSSR count). The summed E-state index contributed by atoms with van der Waals surface area (Å²) in [5.74, 6) is -3.18. The SMILES string of the molecule is CC(C)[C@H](NC(=O)[C@@H]1CCCN1C(=O)[C@@H](NC(=O)CCCCC(=O)O)C(C)C)C(=O)c1nnc(-c2ccccc2)o1. The zero-order valence-corrected chi connectivity index (χ0v) is 24.0. The maximum absolute atomic E-state index is 13.5. The van der Waals surface area contributed by atoms with Gasteiger partial charge in [0, 0.05) is 24.9 Å². The van der Waals surface area contributed by atoms with E-state index in [1.807, 2.05) is 18.2 Å². The molecule has 0 aliphatic carbocycles. The molecule has 1 aliphatic rings. The lowest BCUT2D eigenvalue weighted by molar-refractivity contribution is -0.142. The fourth-order valence-electron chi connectivity index (χ4n) is 4.74. The number of Topliss-reactive ketones (excluding diaryl/α,β-unsaturated/α-hetero) is 1. The number of nitrogens with one attached hydrogen (secondary N) is 2. The highest BCUT2D eigenvalue weighted by atomic mass is 16.4. The van der Waals surface area contributed by atoms with Crippen molar-refractivity contribution in [3.8, 4) is 11.5 Å². The number of unbranched alkanes of at least 4 members (excludes halogenated alkanes) is 1. The van der Waals surface area contributed by atoms with Crippen molar-refractivity contribution in [1.29, 1.82) is 0 Å². The van der Waals surface area contributed by atoms with Gasteiger partial charge < -0.3 is 25.1 Å². The van der Waals surface area contributed by atoms with Gasteiger partial charge >= 0.3 is 5.97 Å². The number of rotatable bonds is 14. The third kappa shape index (κ3) is 8.45. The molecule has 0 bridgehead atoms. The van der Waals surface area contributed by atoms with E-state index < -0.39 is 35.8 Å². The number of benzene rings is 1. The molecule has 3 atom stereocenters. The van der Waals surface area contributed by atoms with Crippen LogP contribution in [0, 0.1) is 11.8 Å². The minimum absolute atomic E-state index is 0.0229. The molecule has 41 heavy (non-hydrogen) atoms. The smallest absolute Gasteiger partial charge is 0.303 e. The van der Waals surface area contributed by atoms with E-state index in [1.54, 1.807) is 39.8 Å². The quantitative estimate of drug-likeness (QED) is 0.228. The van der Waals surface area contributed by atoms with Gasteiger partial charge in [0.25, 0.3) is 5.89 Å². The fourth-order valence-corrected chi connectivity index (χ4v) is 4.74. The predicted octanol–water partition coefficient (Wildman–Crippen LogP) is 2.84. The summed E-state index contributed by atoms with van der Waals surface area (Å²) >= 11 is 0. The summed E-state index contributed by atoms with van der Waals surface area (Å²) in [6, 6.07) is 6.43. The van der Waals surface area contributed by atoms with Crippen LogP contribution < -0.4 is 10.6 Å². The van der Waals surface area contributed by atoms with Crippen molar-refractivity contribution in [2.45, 2.75) is 84.3 Å². The molecule has 1 aromatic heterocycles. The second-order valence-electron chi connectivity index (χ2n) is 11.0.